The second-order valence-electron chi connectivity index (χ2n) is 3.48. The summed E-state index contributed by atoms with van der Waals surface area (Å²) < 4.78 is 4.54. The summed E-state index contributed by atoms with van der Waals surface area (Å²) >= 11 is 0. The van der Waals surface area contributed by atoms with Gasteiger partial charge in [0.1, 0.15) is 0 Å². The Kier molecular flexibility index (Phi) is 92.1. The van der Waals surface area contributed by atoms with E-state index in [4.69, 9.17) is 5.11 Å². The Labute approximate surface area is 118 Å². The minimum atomic E-state index is 0.819. The summed E-state index contributed by atoms with van der Waals surface area (Å²) in [6, 6.07) is 0. The molecule has 1 N–H and O–H groups in total. The van der Waals surface area contributed by atoms with Gasteiger partial charge in [0.2, 0.25) is 0 Å². The maximum absolute atomic E-state index is 7.00. The highest BCUT2D eigenvalue weighted by Gasteiger charge is 1.81. The van der Waals surface area contributed by atoms with E-state index in [9.17, 15) is 0 Å². The van der Waals surface area contributed by atoms with Crippen molar-refractivity contribution in [3.63, 3.8) is 0 Å². The lowest BCUT2D eigenvalue weighted by Crippen LogP contribution is -2.15. The molecule has 0 aromatic heterocycles. The topological polar surface area (TPSA) is 32.7 Å². The number of hydrogen-bond acceptors (Lipinski definition) is 3. The largest absolute Gasteiger partial charge is 0.400 e. The zero-order valence-electron chi connectivity index (χ0n) is 14.8. The minimum absolute atomic E-state index is 0.819. The van der Waals surface area contributed by atoms with Gasteiger partial charge in [-0.25, -0.2) is 0 Å². The van der Waals surface area contributed by atoms with E-state index >= 15 is 0 Å². The van der Waals surface area contributed by atoms with Crippen LogP contribution in [0.5, 0.6) is 0 Å². The van der Waals surface area contributed by atoms with E-state index in [1.807, 2.05) is 6.92 Å². The van der Waals surface area contributed by atoms with Crippen LogP contribution in [0.4, 0.5) is 0 Å². The van der Waals surface area contributed by atoms with Gasteiger partial charge in [0.05, 0.1) is 0 Å². The van der Waals surface area contributed by atoms with Crippen LogP contribution in [0.3, 0.4) is 0 Å². The van der Waals surface area contributed by atoms with Gasteiger partial charge >= 0.3 is 0 Å². The van der Waals surface area contributed by atoms with Crippen LogP contribution >= 0.6 is 0 Å². The van der Waals surface area contributed by atoms with Crippen molar-refractivity contribution in [2.75, 3.05) is 41.0 Å². The Morgan fingerprint density at radius 1 is 0.778 bits per heavy atom. The van der Waals surface area contributed by atoms with E-state index in [1.165, 1.54) is 12.8 Å². The van der Waals surface area contributed by atoms with E-state index in [0.29, 0.717) is 0 Å². The van der Waals surface area contributed by atoms with Gasteiger partial charge in [-0.15, -0.1) is 0 Å². The van der Waals surface area contributed by atoms with Gasteiger partial charge in [-0.3, -0.25) is 0 Å². The van der Waals surface area contributed by atoms with Crippen LogP contribution in [-0.2, 0) is 4.74 Å². The molecule has 0 aliphatic heterocycles. The van der Waals surface area contributed by atoms with Crippen LogP contribution in [0, 0.1) is 0 Å². The molecule has 0 saturated carbocycles. The lowest BCUT2D eigenvalue weighted by molar-refractivity contribution is 0.215. The molecule has 0 saturated heterocycles. The molecule has 118 valence electrons. The first-order valence-electron chi connectivity index (χ1n) is 7.17. The Hall–Kier alpha value is -0.120. The van der Waals surface area contributed by atoms with Crippen LogP contribution in [0.1, 0.15) is 61.3 Å². The van der Waals surface area contributed by atoms with Gasteiger partial charge in [0, 0.05) is 20.8 Å². The van der Waals surface area contributed by atoms with Crippen LogP contribution in [0.25, 0.3) is 0 Å². The molecule has 0 spiro atoms. The number of aliphatic hydroxyl groups excluding tert-OH is 1. The lowest BCUT2D eigenvalue weighted by atomic mass is 10.6. The third-order valence-corrected chi connectivity index (χ3v) is 1.37. The molecule has 0 amide bonds. The van der Waals surface area contributed by atoms with Crippen LogP contribution in [0.2, 0.25) is 0 Å². The van der Waals surface area contributed by atoms with Gasteiger partial charge in [0.15, 0.2) is 0 Å². The number of aliphatic hydroxyl groups is 1. The van der Waals surface area contributed by atoms with Gasteiger partial charge in [-0.2, -0.15) is 0 Å². The third-order valence-electron chi connectivity index (χ3n) is 1.37. The molecule has 0 unspecified atom stereocenters. The molecule has 18 heavy (non-hydrogen) atoms. The molecule has 0 bridgehead atoms. The lowest BCUT2D eigenvalue weighted by Gasteiger charge is -2.07. The summed E-state index contributed by atoms with van der Waals surface area (Å²) in [6.07, 6.45) is 2.50. The zero-order chi connectivity index (χ0) is 15.8. The van der Waals surface area contributed by atoms with Crippen LogP contribution < -0.4 is 0 Å². The molecule has 0 aromatic carbocycles. The van der Waals surface area contributed by atoms with Gasteiger partial charge in [-0.05, 0) is 27.1 Å². The fraction of sp³-hybridized carbons (Fsp3) is 1.00. The molecule has 0 radical (unpaired) electrons. The molecular formula is C15H41NO2. The predicted octanol–water partition coefficient (Wildman–Crippen LogP) is 4.05. The monoisotopic (exact) mass is 267 g/mol. The highest BCUT2D eigenvalue weighted by Crippen LogP contribution is 1.73. The van der Waals surface area contributed by atoms with Gasteiger partial charge in [-0.1, -0.05) is 54.4 Å². The van der Waals surface area contributed by atoms with E-state index < -0.39 is 0 Å². The average Bonchev–Trinajstić information content (AvgIpc) is 2.42. The van der Waals surface area contributed by atoms with E-state index in [-0.39, 0.29) is 0 Å². The van der Waals surface area contributed by atoms with Crippen molar-refractivity contribution in [3.05, 3.63) is 0 Å². The standard InChI is InChI=1S/C5H13N.C3H8O.2C3H8.CH4O/c1-4-6(3)5-2;1-3-4-2;2*1-3-2;1-2/h4-5H2,1-3H3;3H2,1-2H3;2*3H2,1-2H3;2H,1H3. The summed E-state index contributed by atoms with van der Waals surface area (Å²) in [5.74, 6) is 0. The van der Waals surface area contributed by atoms with E-state index in [1.54, 1.807) is 7.11 Å². The van der Waals surface area contributed by atoms with Crippen LogP contribution in [-0.4, -0.2) is 51.0 Å². The molecule has 0 rings (SSSR count). The maximum Gasteiger partial charge on any atom is 0.0433 e. The summed E-state index contributed by atoms with van der Waals surface area (Å²) in [5, 5.41) is 7.00. The van der Waals surface area contributed by atoms with Crippen molar-refractivity contribution in [1.29, 1.82) is 0 Å². The smallest absolute Gasteiger partial charge is 0.0433 e. The molecule has 0 fully saturated rings. The molecule has 0 aliphatic carbocycles. The minimum Gasteiger partial charge on any atom is -0.400 e. The molecule has 0 aliphatic rings. The maximum atomic E-state index is 7.00. The number of ether oxygens (including phenoxy) is 1. The normalized spacial score (nSPS) is 7.33. The number of methoxy groups -OCH3 is 1. The summed E-state index contributed by atoms with van der Waals surface area (Å²) in [5.41, 5.74) is 0. The van der Waals surface area contributed by atoms with Crippen molar-refractivity contribution in [2.24, 2.45) is 0 Å². The number of hydrogen-bond donors (Lipinski definition) is 1. The molecular weight excluding hydrogens is 226 g/mol. The van der Waals surface area contributed by atoms with Crippen molar-refractivity contribution >= 4 is 0 Å². The second kappa shape index (κ2) is 54.0. The SMILES string of the molecule is CCC.CCC.CCN(C)CC.CCOC.CO. The summed E-state index contributed by atoms with van der Waals surface area (Å²) in [7, 11) is 4.79. The molecule has 0 aromatic rings. The Bertz CT molecular complexity index is 63.5. The first kappa shape index (κ1) is 30.7. The predicted molar refractivity (Wildman–Crippen MR) is 86.5 cm³/mol. The fourth-order valence-electron chi connectivity index (χ4n) is 0.224. The number of nitrogens with zero attached hydrogens (tertiary/aromatic N) is 1. The van der Waals surface area contributed by atoms with Crippen molar-refractivity contribution in [3.8, 4) is 0 Å². The highest BCUT2D eigenvalue weighted by atomic mass is 16.5. The molecule has 0 atom stereocenters. The first-order chi connectivity index (χ1) is 8.55. The quantitative estimate of drug-likeness (QED) is 0.837. The third kappa shape index (κ3) is 148. The molecule has 0 heterocycles. The molecule has 3 heteroatoms. The summed E-state index contributed by atoms with van der Waals surface area (Å²) in [6.45, 7) is 17.9. The summed E-state index contributed by atoms with van der Waals surface area (Å²) in [4.78, 5) is 2.25. The van der Waals surface area contributed by atoms with Crippen molar-refractivity contribution < 1.29 is 9.84 Å². The van der Waals surface area contributed by atoms with Crippen LogP contribution in [0.15, 0.2) is 0 Å². The average molecular weight is 267 g/mol. The second-order valence-corrected chi connectivity index (χ2v) is 3.48. The van der Waals surface area contributed by atoms with Gasteiger partial charge in [0.25, 0.3) is 0 Å². The highest BCUT2D eigenvalue weighted by molar-refractivity contribution is 4.36. The first-order valence-corrected chi connectivity index (χ1v) is 7.17. The van der Waals surface area contributed by atoms with Crippen molar-refractivity contribution in [1.82, 2.24) is 4.90 Å². The van der Waals surface area contributed by atoms with E-state index in [0.717, 1.165) is 26.8 Å². The number of rotatable bonds is 3. The Balaban J connectivity index is -0.0000000416. The van der Waals surface area contributed by atoms with Crippen molar-refractivity contribution in [2.45, 2.75) is 61.3 Å². The van der Waals surface area contributed by atoms with E-state index in [2.05, 4.69) is 58.2 Å². The fourth-order valence-corrected chi connectivity index (χ4v) is 0.224. The molecule has 3 nitrogen and oxygen atoms in total. The Morgan fingerprint density at radius 3 is 0.944 bits per heavy atom. The van der Waals surface area contributed by atoms with Gasteiger partial charge < -0.3 is 14.7 Å². The Morgan fingerprint density at radius 2 is 0.944 bits per heavy atom. The zero-order valence-corrected chi connectivity index (χ0v) is 14.8.